The zero-order valence-electron chi connectivity index (χ0n) is 31.0. The van der Waals surface area contributed by atoms with Crippen LogP contribution in [-0.4, -0.2) is 63.2 Å². The summed E-state index contributed by atoms with van der Waals surface area (Å²) in [6.07, 6.45) is 28.0. The number of hydrogen-bond acceptors (Lipinski definition) is 6. The van der Waals surface area contributed by atoms with E-state index in [4.69, 9.17) is 11.5 Å². The van der Waals surface area contributed by atoms with Gasteiger partial charge in [-0.3, -0.25) is 9.59 Å². The molecule has 46 heavy (non-hydrogen) atoms. The van der Waals surface area contributed by atoms with Gasteiger partial charge in [0.05, 0.1) is 5.54 Å². The number of rotatable bonds is 36. The molecule has 0 spiro atoms. The molecule has 8 N–H and O–H groups in total. The minimum absolute atomic E-state index is 0.0393. The maximum absolute atomic E-state index is 13.1. The highest BCUT2D eigenvalue weighted by atomic mass is 16.2. The van der Waals surface area contributed by atoms with E-state index >= 15 is 0 Å². The zero-order valence-corrected chi connectivity index (χ0v) is 31.0. The minimum atomic E-state index is -0.864. The second-order valence-electron chi connectivity index (χ2n) is 13.8. The van der Waals surface area contributed by atoms with Crippen LogP contribution in [0.2, 0.25) is 0 Å². The summed E-state index contributed by atoms with van der Waals surface area (Å²) in [5.74, 6) is 0.215. The van der Waals surface area contributed by atoms with Gasteiger partial charge in [0.15, 0.2) is 0 Å². The lowest BCUT2D eigenvalue weighted by molar-refractivity contribution is -0.128. The summed E-state index contributed by atoms with van der Waals surface area (Å²) >= 11 is 0. The number of amides is 2. The van der Waals surface area contributed by atoms with Crippen molar-refractivity contribution in [1.82, 2.24) is 21.3 Å². The Balaban J connectivity index is 3.81. The second kappa shape index (κ2) is 33.7. The highest BCUT2D eigenvalue weighted by molar-refractivity contribution is 5.86. The molecule has 0 aliphatic carbocycles. The Hall–Kier alpha value is -1.22. The van der Waals surface area contributed by atoms with Gasteiger partial charge < -0.3 is 32.7 Å². The van der Waals surface area contributed by atoms with Crippen molar-refractivity contribution < 1.29 is 9.59 Å². The third-order valence-electron chi connectivity index (χ3n) is 9.59. The highest BCUT2D eigenvalue weighted by Crippen LogP contribution is 2.24. The lowest BCUT2D eigenvalue weighted by Gasteiger charge is -2.34. The Kier molecular flexibility index (Phi) is 32.8. The van der Waals surface area contributed by atoms with E-state index in [0.29, 0.717) is 25.9 Å². The van der Waals surface area contributed by atoms with E-state index in [1.54, 1.807) is 0 Å². The van der Waals surface area contributed by atoms with Crippen LogP contribution in [0.4, 0.5) is 0 Å². The topological polar surface area (TPSA) is 134 Å². The van der Waals surface area contributed by atoms with E-state index in [0.717, 1.165) is 90.5 Å². The van der Waals surface area contributed by atoms with Crippen LogP contribution in [0.15, 0.2) is 0 Å². The first kappa shape index (κ1) is 44.8. The van der Waals surface area contributed by atoms with Crippen LogP contribution in [0.5, 0.6) is 0 Å². The van der Waals surface area contributed by atoms with E-state index < -0.39 is 5.54 Å². The fourth-order valence-electron chi connectivity index (χ4n) is 6.02. The van der Waals surface area contributed by atoms with Crippen LogP contribution in [0, 0.1) is 5.92 Å². The molecular formula is C38H80N6O2. The maximum Gasteiger partial charge on any atom is 0.240 e. The molecule has 0 aliphatic rings. The van der Waals surface area contributed by atoms with Gasteiger partial charge in [0.1, 0.15) is 0 Å². The van der Waals surface area contributed by atoms with E-state index in [2.05, 4.69) is 42.0 Å². The molecule has 0 rings (SSSR count). The van der Waals surface area contributed by atoms with Gasteiger partial charge in [-0.2, -0.15) is 0 Å². The Morgan fingerprint density at radius 3 is 1.54 bits per heavy atom. The van der Waals surface area contributed by atoms with Gasteiger partial charge in [0.2, 0.25) is 11.8 Å². The first-order chi connectivity index (χ1) is 22.4. The molecule has 0 aromatic rings. The summed E-state index contributed by atoms with van der Waals surface area (Å²) in [6.45, 7) is 12.4. The summed E-state index contributed by atoms with van der Waals surface area (Å²) in [7, 11) is 0. The normalized spacial score (nSPS) is 13.4. The number of nitrogens with two attached hydrogens (primary N) is 2. The van der Waals surface area contributed by atoms with Crippen LogP contribution in [-0.2, 0) is 9.59 Å². The molecule has 2 atom stereocenters. The van der Waals surface area contributed by atoms with Crippen molar-refractivity contribution >= 4 is 11.8 Å². The Labute approximate surface area is 285 Å². The number of hydrogen-bond donors (Lipinski definition) is 6. The van der Waals surface area contributed by atoms with Crippen molar-refractivity contribution in [2.24, 2.45) is 17.4 Å². The van der Waals surface area contributed by atoms with E-state index in [-0.39, 0.29) is 17.7 Å². The third-order valence-corrected chi connectivity index (χ3v) is 9.59. The second-order valence-corrected chi connectivity index (χ2v) is 13.8. The predicted molar refractivity (Wildman–Crippen MR) is 199 cm³/mol. The molecule has 1 unspecified atom stereocenters. The Morgan fingerprint density at radius 2 is 1.02 bits per heavy atom. The van der Waals surface area contributed by atoms with Gasteiger partial charge >= 0.3 is 0 Å². The molecule has 0 bridgehead atoms. The standard InChI is InChI=1S/C38H80N6O2/c1-4-6-7-8-9-10-11-12-13-14-15-16-17-18-19-26-36(45)43-33-21-20-27-38(40,35(3)5-2)37(46)44-34-25-32-42-30-23-22-29-41-31-24-28-39/h35,41-42H,4-34,39-40H2,1-3H3,(H,43,45)(H,44,46)/t35?,38-/m1/s1. The first-order valence-electron chi connectivity index (χ1n) is 19.9. The fourth-order valence-corrected chi connectivity index (χ4v) is 6.02. The van der Waals surface area contributed by atoms with Crippen LogP contribution in [0.25, 0.3) is 0 Å². The molecule has 2 amide bonds. The van der Waals surface area contributed by atoms with Crippen LogP contribution in [0.1, 0.15) is 175 Å². The first-order valence-corrected chi connectivity index (χ1v) is 19.9. The van der Waals surface area contributed by atoms with Gasteiger partial charge in [0.25, 0.3) is 0 Å². The summed E-state index contributed by atoms with van der Waals surface area (Å²) in [5, 5.41) is 13.0. The SMILES string of the molecule is CCCCCCCCCCCCCCCCCC(=O)NCCCC[C@](N)(C(=O)NCCCNCCCCNCCCN)C(C)CC. The average Bonchev–Trinajstić information content (AvgIpc) is 3.06. The third kappa shape index (κ3) is 26.8. The minimum Gasteiger partial charge on any atom is -0.356 e. The van der Waals surface area contributed by atoms with Gasteiger partial charge in [-0.05, 0) is 90.0 Å². The van der Waals surface area contributed by atoms with Gasteiger partial charge in [-0.25, -0.2) is 0 Å². The fraction of sp³-hybridized carbons (Fsp3) is 0.947. The van der Waals surface area contributed by atoms with Crippen LogP contribution in [0.3, 0.4) is 0 Å². The van der Waals surface area contributed by atoms with Crippen molar-refractivity contribution in [3.05, 3.63) is 0 Å². The van der Waals surface area contributed by atoms with Crippen LogP contribution >= 0.6 is 0 Å². The van der Waals surface area contributed by atoms with Crippen LogP contribution < -0.4 is 32.7 Å². The molecule has 0 heterocycles. The summed E-state index contributed by atoms with van der Waals surface area (Å²) < 4.78 is 0. The molecule has 0 aliphatic heterocycles. The average molecular weight is 653 g/mol. The molecule has 8 heteroatoms. The van der Waals surface area contributed by atoms with E-state index in [1.165, 1.54) is 83.5 Å². The Morgan fingerprint density at radius 1 is 0.565 bits per heavy atom. The molecule has 274 valence electrons. The van der Waals surface area contributed by atoms with Gasteiger partial charge in [-0.1, -0.05) is 117 Å². The van der Waals surface area contributed by atoms with Crippen molar-refractivity contribution in [3.8, 4) is 0 Å². The molecule has 0 saturated carbocycles. The molecule has 0 aromatic heterocycles. The molecule has 0 radical (unpaired) electrons. The number of unbranched alkanes of at least 4 members (excludes halogenated alkanes) is 16. The number of nitrogens with one attached hydrogen (secondary N) is 4. The lowest BCUT2D eigenvalue weighted by atomic mass is 9.79. The summed E-state index contributed by atoms with van der Waals surface area (Å²) in [5.41, 5.74) is 11.4. The van der Waals surface area contributed by atoms with Crippen molar-refractivity contribution in [2.75, 3.05) is 45.8 Å². The van der Waals surface area contributed by atoms with Crippen molar-refractivity contribution in [2.45, 2.75) is 180 Å². The molecule has 8 nitrogen and oxygen atoms in total. The largest absolute Gasteiger partial charge is 0.356 e. The predicted octanol–water partition coefficient (Wildman–Crippen LogP) is 7.09. The van der Waals surface area contributed by atoms with Gasteiger partial charge in [0, 0.05) is 19.5 Å². The quantitative estimate of drug-likeness (QED) is 0.0400. The molecule has 0 aromatic carbocycles. The van der Waals surface area contributed by atoms with E-state index in [9.17, 15) is 9.59 Å². The lowest BCUT2D eigenvalue weighted by Crippen LogP contribution is -2.58. The van der Waals surface area contributed by atoms with E-state index in [1.807, 2.05) is 0 Å². The molecule has 0 fully saturated rings. The van der Waals surface area contributed by atoms with Gasteiger partial charge in [-0.15, -0.1) is 0 Å². The van der Waals surface area contributed by atoms with Crippen molar-refractivity contribution in [1.29, 1.82) is 0 Å². The summed E-state index contributed by atoms with van der Waals surface area (Å²) in [4.78, 5) is 25.4. The Bertz CT molecular complexity index is 680. The molecular weight excluding hydrogens is 572 g/mol. The number of carbonyl (C=O) groups is 2. The maximum atomic E-state index is 13.1. The zero-order chi connectivity index (χ0) is 34.0. The summed E-state index contributed by atoms with van der Waals surface area (Å²) in [6, 6.07) is 0. The molecule has 0 saturated heterocycles. The monoisotopic (exact) mass is 653 g/mol. The smallest absolute Gasteiger partial charge is 0.240 e. The van der Waals surface area contributed by atoms with Crippen molar-refractivity contribution in [3.63, 3.8) is 0 Å². The number of carbonyl (C=O) groups excluding carboxylic acids is 2. The highest BCUT2D eigenvalue weighted by Gasteiger charge is 2.37.